The zero-order chi connectivity index (χ0) is 29.7. The van der Waals surface area contributed by atoms with Crippen LogP contribution in [0.1, 0.15) is 48.9 Å². The van der Waals surface area contributed by atoms with E-state index in [2.05, 4.69) is 158 Å². The Labute approximate surface area is 261 Å². The van der Waals surface area contributed by atoms with Crippen LogP contribution in [0.4, 0.5) is 17.1 Å². The highest BCUT2D eigenvalue weighted by Gasteiger charge is 2.35. The minimum atomic E-state index is -0.0666. The predicted molar refractivity (Wildman–Crippen MR) is 186 cm³/mol. The van der Waals surface area contributed by atoms with Crippen molar-refractivity contribution in [3.63, 3.8) is 0 Å². The molecule has 0 fully saturated rings. The lowest BCUT2D eigenvalue weighted by atomic mass is 9.82. The summed E-state index contributed by atoms with van der Waals surface area (Å²) in [4.78, 5) is 2.44. The average Bonchev–Trinajstić information content (AvgIpc) is 3.31. The molecule has 2 aliphatic rings. The smallest absolute Gasteiger partial charge is 0.0540 e. The number of fused-ring (bicyclic) bond motifs is 4. The van der Waals surface area contributed by atoms with Crippen molar-refractivity contribution in [2.24, 2.45) is 0 Å². The van der Waals surface area contributed by atoms with Gasteiger partial charge < -0.3 is 4.90 Å². The lowest BCUT2D eigenvalue weighted by Crippen LogP contribution is -2.16. The first-order chi connectivity index (χ1) is 21.6. The van der Waals surface area contributed by atoms with Crippen LogP contribution in [-0.4, -0.2) is 0 Å². The van der Waals surface area contributed by atoms with Gasteiger partial charge in [-0.15, -0.1) is 0 Å². The van der Waals surface area contributed by atoms with Crippen molar-refractivity contribution in [1.29, 1.82) is 0 Å². The zero-order valence-corrected chi connectivity index (χ0v) is 25.6. The van der Waals surface area contributed by atoms with Crippen molar-refractivity contribution in [2.75, 3.05) is 4.90 Å². The Morgan fingerprint density at radius 1 is 0.455 bits per heavy atom. The Kier molecular flexibility index (Phi) is 6.49. The molecule has 0 radical (unpaired) electrons. The van der Waals surface area contributed by atoms with Crippen LogP contribution < -0.4 is 4.90 Å². The Bertz CT molecular complexity index is 1980. The summed E-state index contributed by atoms with van der Waals surface area (Å²) in [6, 6.07) is 51.8. The van der Waals surface area contributed by atoms with Gasteiger partial charge >= 0.3 is 0 Å². The molecule has 0 atom stereocenters. The second kappa shape index (κ2) is 10.7. The molecule has 0 bridgehead atoms. The van der Waals surface area contributed by atoms with Gasteiger partial charge in [-0.25, -0.2) is 0 Å². The van der Waals surface area contributed by atoms with Crippen molar-refractivity contribution in [1.82, 2.24) is 0 Å². The van der Waals surface area contributed by atoms with Crippen molar-refractivity contribution < 1.29 is 0 Å². The number of aryl methyl sites for hydroxylation is 2. The van der Waals surface area contributed by atoms with Crippen molar-refractivity contribution in [3.8, 4) is 33.4 Å². The Hall–Kier alpha value is -4.88. The molecule has 6 aromatic carbocycles. The molecule has 0 saturated carbocycles. The van der Waals surface area contributed by atoms with Gasteiger partial charge in [-0.3, -0.25) is 0 Å². The van der Waals surface area contributed by atoms with Crippen molar-refractivity contribution in [2.45, 2.75) is 44.9 Å². The molecule has 2 aliphatic carbocycles. The van der Waals surface area contributed by atoms with Gasteiger partial charge in [0.2, 0.25) is 0 Å². The van der Waals surface area contributed by atoms with Gasteiger partial charge in [0.1, 0.15) is 0 Å². The van der Waals surface area contributed by atoms with Crippen molar-refractivity contribution in [3.05, 3.63) is 162 Å². The number of rotatable bonds is 5. The van der Waals surface area contributed by atoms with Gasteiger partial charge in [-0.05, 0) is 106 Å². The van der Waals surface area contributed by atoms with Crippen molar-refractivity contribution >= 4 is 17.1 Å². The maximum absolute atomic E-state index is 2.44. The van der Waals surface area contributed by atoms with E-state index in [-0.39, 0.29) is 5.41 Å². The van der Waals surface area contributed by atoms with Crippen LogP contribution in [-0.2, 0) is 18.3 Å². The fourth-order valence-electron chi connectivity index (χ4n) is 7.51. The van der Waals surface area contributed by atoms with E-state index >= 15 is 0 Å². The van der Waals surface area contributed by atoms with E-state index in [4.69, 9.17) is 0 Å². The summed E-state index contributed by atoms with van der Waals surface area (Å²) in [5.41, 5.74) is 17.0. The van der Waals surface area contributed by atoms with Gasteiger partial charge in [0.15, 0.2) is 0 Å². The molecule has 0 unspecified atom stereocenters. The molecule has 1 heteroatoms. The minimum Gasteiger partial charge on any atom is -0.310 e. The van der Waals surface area contributed by atoms with Crippen LogP contribution in [0.5, 0.6) is 0 Å². The highest BCUT2D eigenvalue weighted by atomic mass is 15.1. The maximum Gasteiger partial charge on any atom is 0.0540 e. The Balaban J connectivity index is 1.27. The van der Waals surface area contributed by atoms with Crippen LogP contribution >= 0.6 is 0 Å². The highest BCUT2D eigenvalue weighted by molar-refractivity contribution is 5.90. The summed E-state index contributed by atoms with van der Waals surface area (Å²) in [5.74, 6) is 0. The molecular weight excluding hydrogens is 530 g/mol. The first-order valence-corrected chi connectivity index (χ1v) is 16.0. The fraction of sp³-hybridized carbons (Fsp3) is 0.163. The third kappa shape index (κ3) is 4.47. The standard InChI is InChI=1S/C43H37N/c1-43(2)40-18-10-8-17-38(40)39-27-26-36(29-41(39)43)44(42-19-11-9-16-37(42)32-13-4-3-5-14-32)35-24-22-31(23-25-35)34-21-20-30-12-6-7-15-33(30)28-34/h3-5,8-11,13-14,16-29H,6-7,12,15H2,1-2H3. The molecule has 1 nitrogen and oxygen atoms in total. The van der Waals surface area contributed by atoms with Crippen LogP contribution in [0.3, 0.4) is 0 Å². The van der Waals surface area contributed by atoms with Crippen LogP contribution in [0.25, 0.3) is 33.4 Å². The molecule has 0 amide bonds. The van der Waals surface area contributed by atoms with E-state index in [1.54, 1.807) is 0 Å². The minimum absolute atomic E-state index is 0.0666. The highest BCUT2D eigenvalue weighted by Crippen LogP contribution is 2.51. The predicted octanol–water partition coefficient (Wildman–Crippen LogP) is 11.7. The molecule has 0 heterocycles. The molecule has 0 aliphatic heterocycles. The topological polar surface area (TPSA) is 3.24 Å². The van der Waals surface area contributed by atoms with E-state index in [1.807, 2.05) is 0 Å². The van der Waals surface area contributed by atoms with Crippen LogP contribution in [0, 0.1) is 0 Å². The largest absolute Gasteiger partial charge is 0.310 e. The number of hydrogen-bond donors (Lipinski definition) is 0. The van der Waals surface area contributed by atoms with E-state index in [9.17, 15) is 0 Å². The molecular formula is C43H37N. The molecule has 44 heavy (non-hydrogen) atoms. The first-order valence-electron chi connectivity index (χ1n) is 16.0. The van der Waals surface area contributed by atoms with E-state index in [1.165, 1.54) is 92.7 Å². The van der Waals surface area contributed by atoms with Gasteiger partial charge in [0.25, 0.3) is 0 Å². The number of para-hydroxylation sites is 1. The Morgan fingerprint density at radius 2 is 1.09 bits per heavy atom. The summed E-state index contributed by atoms with van der Waals surface area (Å²) >= 11 is 0. The third-order valence-electron chi connectivity index (χ3n) is 9.86. The molecule has 8 rings (SSSR count). The maximum atomic E-state index is 2.44. The van der Waals surface area contributed by atoms with E-state index in [0.29, 0.717) is 0 Å². The van der Waals surface area contributed by atoms with Crippen LogP contribution in [0.15, 0.2) is 140 Å². The lowest BCUT2D eigenvalue weighted by molar-refractivity contribution is 0.660. The molecule has 6 aromatic rings. The third-order valence-corrected chi connectivity index (χ3v) is 9.86. The lowest BCUT2D eigenvalue weighted by Gasteiger charge is -2.30. The number of benzene rings is 6. The van der Waals surface area contributed by atoms with Gasteiger partial charge in [-0.2, -0.15) is 0 Å². The first kappa shape index (κ1) is 26.7. The monoisotopic (exact) mass is 567 g/mol. The summed E-state index contributed by atoms with van der Waals surface area (Å²) < 4.78 is 0. The molecule has 214 valence electrons. The zero-order valence-electron chi connectivity index (χ0n) is 25.6. The second-order valence-electron chi connectivity index (χ2n) is 12.9. The molecule has 0 spiro atoms. The quantitative estimate of drug-likeness (QED) is 0.200. The number of anilines is 3. The van der Waals surface area contributed by atoms with Gasteiger partial charge in [-0.1, -0.05) is 123 Å². The van der Waals surface area contributed by atoms with Crippen LogP contribution in [0.2, 0.25) is 0 Å². The summed E-state index contributed by atoms with van der Waals surface area (Å²) in [6.07, 6.45) is 5.03. The van der Waals surface area contributed by atoms with E-state index in [0.717, 1.165) is 5.69 Å². The second-order valence-corrected chi connectivity index (χ2v) is 12.9. The number of nitrogens with zero attached hydrogens (tertiary/aromatic N) is 1. The molecule has 0 N–H and O–H groups in total. The number of hydrogen-bond acceptors (Lipinski definition) is 1. The van der Waals surface area contributed by atoms with Gasteiger partial charge in [0.05, 0.1) is 5.69 Å². The summed E-state index contributed by atoms with van der Waals surface area (Å²) in [6.45, 7) is 4.72. The molecule has 0 saturated heterocycles. The molecule has 0 aromatic heterocycles. The summed E-state index contributed by atoms with van der Waals surface area (Å²) in [5, 5.41) is 0. The summed E-state index contributed by atoms with van der Waals surface area (Å²) in [7, 11) is 0. The average molecular weight is 568 g/mol. The van der Waals surface area contributed by atoms with E-state index < -0.39 is 0 Å². The SMILES string of the molecule is CC1(C)c2ccccc2-c2ccc(N(c3ccc(-c4ccc5c(c4)CCCC5)cc3)c3ccccc3-c3ccccc3)cc21. The normalized spacial score (nSPS) is 14.4. The fourth-order valence-corrected chi connectivity index (χ4v) is 7.51. The van der Waals surface area contributed by atoms with Gasteiger partial charge in [0, 0.05) is 22.4 Å². The Morgan fingerprint density at radius 3 is 1.91 bits per heavy atom.